The van der Waals surface area contributed by atoms with Crippen LogP contribution in [-0.4, -0.2) is 34.6 Å². The first-order valence-electron chi connectivity index (χ1n) is 8.16. The van der Waals surface area contributed by atoms with Crippen LogP contribution >= 0.6 is 0 Å². The molecule has 142 valence electrons. The lowest BCUT2D eigenvalue weighted by Crippen LogP contribution is -2.34. The summed E-state index contributed by atoms with van der Waals surface area (Å²) in [4.78, 5) is 30.8. The number of rotatable bonds is 7. The van der Waals surface area contributed by atoms with Gasteiger partial charge in [0.05, 0.1) is 12.1 Å². The Labute approximate surface area is 151 Å². The maximum atomic E-state index is 13.5. The number of benzene rings is 1. The number of hydrogen-bond donors (Lipinski definition) is 1. The number of hydrogen-bond acceptors (Lipinski definition) is 4. The summed E-state index contributed by atoms with van der Waals surface area (Å²) in [7, 11) is 0. The maximum Gasteiger partial charge on any atom is 0.315 e. The summed E-state index contributed by atoms with van der Waals surface area (Å²) < 4.78 is 50.8. The lowest BCUT2D eigenvalue weighted by atomic mass is 9.92. The van der Waals surface area contributed by atoms with Crippen molar-refractivity contribution in [2.24, 2.45) is 0 Å². The third-order valence-corrected chi connectivity index (χ3v) is 4.53. The lowest BCUT2D eigenvalue weighted by Gasteiger charge is -2.15. The highest BCUT2D eigenvalue weighted by Gasteiger charge is 2.45. The Morgan fingerprint density at radius 3 is 2.33 bits per heavy atom. The zero-order valence-corrected chi connectivity index (χ0v) is 14.0. The molecule has 1 saturated carbocycles. The smallest absolute Gasteiger partial charge is 0.315 e. The molecule has 1 aromatic carbocycles. The first kappa shape index (κ1) is 18.9. The molecule has 0 unspecified atom stereocenters. The topological polar surface area (TPSA) is 72.0 Å². The molecule has 1 amide bonds. The first-order valence-corrected chi connectivity index (χ1v) is 8.16. The molecule has 5 nitrogen and oxygen atoms in total. The zero-order valence-electron chi connectivity index (χ0n) is 14.0. The summed E-state index contributed by atoms with van der Waals surface area (Å²) in [6.07, 6.45) is 1.27. The van der Waals surface area contributed by atoms with Crippen LogP contribution in [0.5, 0.6) is 0 Å². The molecule has 1 fully saturated rings. The molecular formula is C18H15F4N3O2. The second-order valence-electron chi connectivity index (χ2n) is 6.42. The van der Waals surface area contributed by atoms with E-state index >= 15 is 0 Å². The largest absolute Gasteiger partial charge is 0.344 e. The zero-order chi connectivity index (χ0) is 19.6. The number of carbonyl (C=O) groups is 2. The third-order valence-electron chi connectivity index (χ3n) is 4.53. The van der Waals surface area contributed by atoms with Crippen LogP contribution < -0.4 is 5.32 Å². The van der Waals surface area contributed by atoms with Gasteiger partial charge in [0.2, 0.25) is 0 Å². The number of nitrogens with one attached hydrogen (secondary N) is 1. The average molecular weight is 381 g/mol. The highest BCUT2D eigenvalue weighted by atomic mass is 19.3. The summed E-state index contributed by atoms with van der Waals surface area (Å²) >= 11 is 0. The molecule has 0 spiro atoms. The maximum absolute atomic E-state index is 13.5. The van der Waals surface area contributed by atoms with E-state index in [1.165, 1.54) is 24.5 Å². The number of ketones is 1. The Morgan fingerprint density at radius 2 is 1.78 bits per heavy atom. The molecule has 0 saturated heterocycles. The minimum absolute atomic E-state index is 0.0750. The van der Waals surface area contributed by atoms with Crippen LogP contribution in [0.1, 0.15) is 34.6 Å². The van der Waals surface area contributed by atoms with Crippen molar-refractivity contribution in [1.29, 1.82) is 0 Å². The Kier molecular flexibility index (Phi) is 5.20. The highest BCUT2D eigenvalue weighted by Crippen LogP contribution is 2.50. The quantitative estimate of drug-likeness (QED) is 0.591. The fourth-order valence-electron chi connectivity index (χ4n) is 2.78. The number of nitrogens with zero attached hydrogens (tertiary/aromatic N) is 2. The average Bonchev–Trinajstić information content (AvgIpc) is 3.42. The number of halogens is 4. The normalized spacial score (nSPS) is 14.9. The van der Waals surface area contributed by atoms with Crippen LogP contribution in [-0.2, 0) is 16.6 Å². The van der Waals surface area contributed by atoms with Gasteiger partial charge in [0.1, 0.15) is 5.82 Å². The van der Waals surface area contributed by atoms with Gasteiger partial charge in [-0.25, -0.2) is 18.7 Å². The van der Waals surface area contributed by atoms with Crippen molar-refractivity contribution in [3.8, 4) is 0 Å². The van der Waals surface area contributed by atoms with Crippen LogP contribution in [0.4, 0.5) is 17.6 Å². The van der Waals surface area contributed by atoms with E-state index in [4.69, 9.17) is 0 Å². The molecular weight excluding hydrogens is 366 g/mol. The summed E-state index contributed by atoms with van der Waals surface area (Å²) in [6, 6.07) is 3.79. The molecule has 1 N–H and O–H groups in total. The van der Waals surface area contributed by atoms with Gasteiger partial charge in [0.25, 0.3) is 5.91 Å². The van der Waals surface area contributed by atoms with Crippen molar-refractivity contribution in [2.45, 2.75) is 31.1 Å². The van der Waals surface area contributed by atoms with Crippen molar-refractivity contribution in [2.75, 3.05) is 6.54 Å². The van der Waals surface area contributed by atoms with Crippen LogP contribution in [0.2, 0.25) is 0 Å². The van der Waals surface area contributed by atoms with Crippen molar-refractivity contribution in [3.63, 3.8) is 0 Å². The number of carbonyl (C=O) groups excluding carboxylic acids is 2. The van der Waals surface area contributed by atoms with Gasteiger partial charge in [-0.3, -0.25) is 9.59 Å². The molecule has 1 aromatic heterocycles. The van der Waals surface area contributed by atoms with Gasteiger partial charge in [-0.15, -0.1) is 0 Å². The minimum atomic E-state index is -3.19. The third kappa shape index (κ3) is 4.29. The van der Waals surface area contributed by atoms with E-state index in [1.54, 1.807) is 0 Å². The molecule has 0 atom stereocenters. The molecule has 9 heteroatoms. The number of aromatic nitrogens is 2. The van der Waals surface area contributed by atoms with Crippen molar-refractivity contribution < 1.29 is 27.2 Å². The number of alkyl halides is 2. The van der Waals surface area contributed by atoms with E-state index in [-0.39, 0.29) is 11.0 Å². The lowest BCUT2D eigenvalue weighted by molar-refractivity contribution is -0.131. The summed E-state index contributed by atoms with van der Waals surface area (Å²) in [5, 5.41) is 1.81. The van der Waals surface area contributed by atoms with Crippen molar-refractivity contribution in [1.82, 2.24) is 15.3 Å². The second kappa shape index (κ2) is 7.42. The molecule has 0 aliphatic heterocycles. The van der Waals surface area contributed by atoms with Crippen LogP contribution in [0.3, 0.4) is 0 Å². The Bertz CT molecular complexity index is 867. The summed E-state index contributed by atoms with van der Waals surface area (Å²) in [5.41, 5.74) is 0.386. The van der Waals surface area contributed by atoms with Gasteiger partial charge in [0, 0.05) is 24.2 Å². The summed E-state index contributed by atoms with van der Waals surface area (Å²) in [6.45, 7) is -0.579. The van der Waals surface area contributed by atoms with E-state index in [0.717, 1.165) is 18.9 Å². The van der Waals surface area contributed by atoms with E-state index < -0.39 is 36.3 Å². The highest BCUT2D eigenvalue weighted by molar-refractivity contribution is 5.99. The summed E-state index contributed by atoms with van der Waals surface area (Å²) in [5.74, 6) is -3.52. The van der Waals surface area contributed by atoms with Crippen LogP contribution in [0, 0.1) is 11.6 Å². The number of Topliss-reactive ketones (excluding diaryl/α,β-unsaturated/α-hetero) is 1. The fraction of sp³-hybridized carbons (Fsp3) is 0.333. The van der Waals surface area contributed by atoms with Crippen LogP contribution in [0.25, 0.3) is 0 Å². The Balaban J connectivity index is 1.64. The molecule has 3 rings (SSSR count). The molecule has 1 aliphatic carbocycles. The Morgan fingerprint density at radius 1 is 1.11 bits per heavy atom. The predicted octanol–water partition coefficient (Wildman–Crippen LogP) is 2.59. The Hall–Kier alpha value is -2.84. The van der Waals surface area contributed by atoms with E-state index in [2.05, 4.69) is 9.97 Å². The molecule has 27 heavy (non-hydrogen) atoms. The van der Waals surface area contributed by atoms with E-state index in [0.29, 0.717) is 17.8 Å². The van der Waals surface area contributed by atoms with Gasteiger partial charge in [-0.1, -0.05) is 6.07 Å². The second-order valence-corrected chi connectivity index (χ2v) is 6.42. The molecule has 1 heterocycles. The van der Waals surface area contributed by atoms with Crippen molar-refractivity contribution >= 4 is 11.7 Å². The predicted molar refractivity (Wildman–Crippen MR) is 86.4 cm³/mol. The fourth-order valence-corrected chi connectivity index (χ4v) is 2.78. The standard InChI is InChI=1S/C18H15F4N3O2/c19-12-2-1-11(5-13(12)20)18(3-4-18)6-15-23-7-10(8-24-15)14(26)9-25-17(27)16(21)22/h1-2,5,7-8,16H,3-4,6,9H2,(H,25,27). The van der Waals surface area contributed by atoms with E-state index in [1.807, 2.05) is 5.32 Å². The van der Waals surface area contributed by atoms with E-state index in [9.17, 15) is 27.2 Å². The van der Waals surface area contributed by atoms with Gasteiger partial charge < -0.3 is 5.32 Å². The monoisotopic (exact) mass is 381 g/mol. The molecule has 2 aromatic rings. The first-order chi connectivity index (χ1) is 12.8. The van der Waals surface area contributed by atoms with Gasteiger partial charge >= 0.3 is 6.43 Å². The SMILES string of the molecule is O=C(CNC(=O)C(F)F)c1cnc(CC2(c3ccc(F)c(F)c3)CC2)nc1. The molecule has 0 bridgehead atoms. The van der Waals surface area contributed by atoms with Crippen molar-refractivity contribution in [3.05, 3.63) is 59.2 Å². The van der Waals surface area contributed by atoms with Gasteiger partial charge in [-0.2, -0.15) is 8.78 Å². The van der Waals surface area contributed by atoms with Crippen LogP contribution in [0.15, 0.2) is 30.6 Å². The molecule has 1 aliphatic rings. The number of amides is 1. The molecule has 0 radical (unpaired) electrons. The van der Waals surface area contributed by atoms with Gasteiger partial charge in [-0.05, 0) is 30.5 Å². The van der Waals surface area contributed by atoms with Gasteiger partial charge in [0.15, 0.2) is 17.4 Å². The minimum Gasteiger partial charge on any atom is -0.344 e.